The third kappa shape index (κ3) is 2.46. The first-order chi connectivity index (χ1) is 10.3. The zero-order valence-electron chi connectivity index (χ0n) is 13.3. The fourth-order valence-electron chi connectivity index (χ4n) is 3.80. The number of aryl methyl sites for hydroxylation is 1. The Morgan fingerprint density at radius 3 is 2.43 bits per heavy atom. The van der Waals surface area contributed by atoms with E-state index in [-0.39, 0.29) is 0 Å². The highest BCUT2D eigenvalue weighted by Crippen LogP contribution is 2.48. The number of rotatable bonds is 4. The summed E-state index contributed by atoms with van der Waals surface area (Å²) < 4.78 is 0. The molecule has 2 aromatic carbocycles. The summed E-state index contributed by atoms with van der Waals surface area (Å²) in [5.74, 6) is 0.662. The van der Waals surface area contributed by atoms with Gasteiger partial charge in [-0.05, 0) is 43.5 Å². The minimum atomic E-state index is 0.587. The quantitative estimate of drug-likeness (QED) is 0.682. The van der Waals surface area contributed by atoms with E-state index < -0.39 is 0 Å². The van der Waals surface area contributed by atoms with Crippen molar-refractivity contribution in [3.05, 3.63) is 59.7 Å². The van der Waals surface area contributed by atoms with Crippen LogP contribution >= 0.6 is 0 Å². The molecule has 1 heteroatoms. The van der Waals surface area contributed by atoms with E-state index in [1.165, 1.54) is 36.2 Å². The topological polar surface area (TPSA) is 3.24 Å². The Labute approximate surface area is 128 Å². The van der Waals surface area contributed by atoms with Gasteiger partial charge in [0.25, 0.3) is 0 Å². The van der Waals surface area contributed by atoms with Crippen LogP contribution in [0.25, 0.3) is 0 Å². The van der Waals surface area contributed by atoms with Gasteiger partial charge in [-0.1, -0.05) is 56.2 Å². The lowest BCUT2D eigenvalue weighted by molar-refractivity contribution is 0.506. The summed E-state index contributed by atoms with van der Waals surface area (Å²) >= 11 is 0. The lowest BCUT2D eigenvalue weighted by atomic mass is 9.88. The van der Waals surface area contributed by atoms with Gasteiger partial charge in [-0.15, -0.1) is 0 Å². The number of fused-ring (bicyclic) bond motifs is 1. The molecule has 0 spiro atoms. The molecule has 1 aliphatic heterocycles. The van der Waals surface area contributed by atoms with Crippen LogP contribution < -0.4 is 4.90 Å². The number of hydrogen-bond acceptors (Lipinski definition) is 1. The van der Waals surface area contributed by atoms with E-state index in [1.54, 1.807) is 5.56 Å². The fourth-order valence-corrected chi connectivity index (χ4v) is 3.80. The third-order valence-corrected chi connectivity index (χ3v) is 4.69. The lowest BCUT2D eigenvalue weighted by Crippen LogP contribution is -2.29. The molecule has 0 aliphatic carbocycles. The molecule has 0 aromatic heterocycles. The first-order valence-corrected chi connectivity index (χ1v) is 8.21. The standard InChI is InChI=1S/C20H25N/c1-4-9-17-18-14-15(3)12-13-20(18)21(19(17)5-2)16-10-7-6-8-11-16/h6-8,10-14,17,19H,4-5,9H2,1-3H3. The zero-order chi connectivity index (χ0) is 14.8. The molecule has 1 heterocycles. The van der Waals surface area contributed by atoms with E-state index in [0.29, 0.717) is 12.0 Å². The van der Waals surface area contributed by atoms with Crippen molar-refractivity contribution < 1.29 is 0 Å². The smallest absolute Gasteiger partial charge is 0.0449 e. The third-order valence-electron chi connectivity index (χ3n) is 4.69. The zero-order valence-corrected chi connectivity index (χ0v) is 13.3. The summed E-state index contributed by atoms with van der Waals surface area (Å²) in [5.41, 5.74) is 5.66. The molecule has 3 rings (SSSR count). The van der Waals surface area contributed by atoms with Crippen LogP contribution in [-0.2, 0) is 0 Å². The molecule has 1 aliphatic rings. The van der Waals surface area contributed by atoms with Gasteiger partial charge < -0.3 is 4.90 Å². The number of nitrogens with zero attached hydrogens (tertiary/aromatic N) is 1. The molecule has 21 heavy (non-hydrogen) atoms. The molecular formula is C20H25N. The number of anilines is 2. The van der Waals surface area contributed by atoms with Crippen LogP contribution in [0, 0.1) is 6.92 Å². The van der Waals surface area contributed by atoms with Crippen LogP contribution in [0.1, 0.15) is 50.2 Å². The normalized spacial score (nSPS) is 20.6. The summed E-state index contributed by atoms with van der Waals surface area (Å²) in [4.78, 5) is 2.56. The average molecular weight is 279 g/mol. The highest BCUT2D eigenvalue weighted by molar-refractivity contribution is 5.73. The molecule has 2 atom stereocenters. The predicted molar refractivity (Wildman–Crippen MR) is 91.5 cm³/mol. The second-order valence-electron chi connectivity index (χ2n) is 6.14. The largest absolute Gasteiger partial charge is 0.338 e. The average Bonchev–Trinajstić information content (AvgIpc) is 2.82. The molecule has 1 nitrogen and oxygen atoms in total. The summed E-state index contributed by atoms with van der Waals surface area (Å²) in [6.07, 6.45) is 3.71. The van der Waals surface area contributed by atoms with Crippen LogP contribution in [0.3, 0.4) is 0 Å². The van der Waals surface area contributed by atoms with E-state index in [4.69, 9.17) is 0 Å². The van der Waals surface area contributed by atoms with Crippen LogP contribution in [0.4, 0.5) is 11.4 Å². The second-order valence-corrected chi connectivity index (χ2v) is 6.14. The predicted octanol–water partition coefficient (Wildman–Crippen LogP) is 5.81. The molecule has 0 amide bonds. The Kier molecular flexibility index (Phi) is 4.01. The van der Waals surface area contributed by atoms with E-state index >= 15 is 0 Å². The maximum Gasteiger partial charge on any atom is 0.0449 e. The molecule has 0 saturated heterocycles. The monoisotopic (exact) mass is 279 g/mol. The molecule has 0 bridgehead atoms. The fraction of sp³-hybridized carbons (Fsp3) is 0.400. The Bertz CT molecular complexity index is 602. The Morgan fingerprint density at radius 2 is 1.76 bits per heavy atom. The van der Waals surface area contributed by atoms with Crippen LogP contribution in [-0.4, -0.2) is 6.04 Å². The molecule has 2 unspecified atom stereocenters. The number of hydrogen-bond donors (Lipinski definition) is 0. The Morgan fingerprint density at radius 1 is 1.00 bits per heavy atom. The van der Waals surface area contributed by atoms with Crippen LogP contribution in [0.15, 0.2) is 48.5 Å². The molecule has 2 aromatic rings. The second kappa shape index (κ2) is 5.93. The van der Waals surface area contributed by atoms with Crippen molar-refractivity contribution in [2.45, 2.75) is 52.0 Å². The van der Waals surface area contributed by atoms with Crippen molar-refractivity contribution in [3.8, 4) is 0 Å². The highest BCUT2D eigenvalue weighted by Gasteiger charge is 2.37. The molecule has 0 saturated carbocycles. The van der Waals surface area contributed by atoms with E-state index in [2.05, 4.69) is 74.2 Å². The minimum Gasteiger partial charge on any atom is -0.338 e. The lowest BCUT2D eigenvalue weighted by Gasteiger charge is -2.29. The van der Waals surface area contributed by atoms with E-state index in [1.807, 2.05) is 0 Å². The molecule has 0 fully saturated rings. The van der Waals surface area contributed by atoms with Gasteiger partial charge in [0, 0.05) is 23.3 Å². The Hall–Kier alpha value is -1.76. The van der Waals surface area contributed by atoms with Crippen LogP contribution in [0.2, 0.25) is 0 Å². The first kappa shape index (κ1) is 14.2. The van der Waals surface area contributed by atoms with Crippen molar-refractivity contribution in [1.29, 1.82) is 0 Å². The van der Waals surface area contributed by atoms with E-state index in [0.717, 1.165) is 0 Å². The Balaban J connectivity index is 2.12. The maximum atomic E-state index is 2.56. The van der Waals surface area contributed by atoms with Gasteiger partial charge in [0.2, 0.25) is 0 Å². The van der Waals surface area contributed by atoms with Crippen molar-refractivity contribution in [2.24, 2.45) is 0 Å². The maximum absolute atomic E-state index is 2.56. The van der Waals surface area contributed by atoms with Gasteiger partial charge in [-0.25, -0.2) is 0 Å². The molecule has 110 valence electrons. The SMILES string of the molecule is CCCC1c2cc(C)ccc2N(c2ccccc2)C1CC. The van der Waals surface area contributed by atoms with Gasteiger partial charge in [-0.3, -0.25) is 0 Å². The molecule has 0 N–H and O–H groups in total. The summed E-state index contributed by atoms with van der Waals surface area (Å²) in [6, 6.07) is 18.4. The summed E-state index contributed by atoms with van der Waals surface area (Å²) in [7, 11) is 0. The highest BCUT2D eigenvalue weighted by atomic mass is 15.2. The van der Waals surface area contributed by atoms with Crippen molar-refractivity contribution in [2.75, 3.05) is 4.90 Å². The van der Waals surface area contributed by atoms with Gasteiger partial charge in [0.1, 0.15) is 0 Å². The summed E-state index contributed by atoms with van der Waals surface area (Å²) in [6.45, 7) is 6.82. The summed E-state index contributed by atoms with van der Waals surface area (Å²) in [5, 5.41) is 0. The van der Waals surface area contributed by atoms with Gasteiger partial charge in [-0.2, -0.15) is 0 Å². The van der Waals surface area contributed by atoms with Gasteiger partial charge in [0.05, 0.1) is 0 Å². The number of benzene rings is 2. The molecule has 0 radical (unpaired) electrons. The van der Waals surface area contributed by atoms with Crippen molar-refractivity contribution in [3.63, 3.8) is 0 Å². The van der Waals surface area contributed by atoms with Gasteiger partial charge >= 0.3 is 0 Å². The van der Waals surface area contributed by atoms with E-state index in [9.17, 15) is 0 Å². The van der Waals surface area contributed by atoms with Gasteiger partial charge in [0.15, 0.2) is 0 Å². The van der Waals surface area contributed by atoms with Crippen LogP contribution in [0.5, 0.6) is 0 Å². The van der Waals surface area contributed by atoms with Crippen molar-refractivity contribution >= 4 is 11.4 Å². The van der Waals surface area contributed by atoms with Crippen molar-refractivity contribution in [1.82, 2.24) is 0 Å². The first-order valence-electron chi connectivity index (χ1n) is 8.21. The number of para-hydroxylation sites is 1. The minimum absolute atomic E-state index is 0.587. The molecular weight excluding hydrogens is 254 g/mol.